The molecule has 0 aromatic carbocycles. The lowest BCUT2D eigenvalue weighted by Crippen LogP contribution is -2.36. The van der Waals surface area contributed by atoms with Crippen molar-refractivity contribution in [1.29, 1.82) is 0 Å². The fourth-order valence-electron chi connectivity index (χ4n) is 5.50. The van der Waals surface area contributed by atoms with Gasteiger partial charge in [-0.05, 0) is 62.9 Å². The highest BCUT2D eigenvalue weighted by molar-refractivity contribution is 4.76. The summed E-state index contributed by atoms with van der Waals surface area (Å²) in [6.45, 7) is 4.20. The predicted octanol–water partition coefficient (Wildman–Crippen LogP) is 6.03. The first-order valence-corrected chi connectivity index (χ1v) is 10.6. The minimum Gasteiger partial charge on any atom is -0.303 e. The number of hydrogen-bond acceptors (Lipinski definition) is 1. The SMILES string of the molecule is C1CCC2CCCC(CCCCCN3CCCC(CC1)C3)C2. The van der Waals surface area contributed by atoms with Crippen LogP contribution in [0.4, 0.5) is 0 Å². The Bertz CT molecular complexity index is 246. The molecular weight excluding hydrogens is 266 g/mol. The number of fused-ring (bicyclic) bond motifs is 4. The van der Waals surface area contributed by atoms with Gasteiger partial charge in [-0.1, -0.05) is 64.2 Å². The van der Waals surface area contributed by atoms with Crippen molar-refractivity contribution >= 4 is 0 Å². The van der Waals surface area contributed by atoms with Crippen LogP contribution in [0, 0.1) is 17.8 Å². The van der Waals surface area contributed by atoms with Crippen molar-refractivity contribution in [2.45, 2.75) is 96.3 Å². The summed E-state index contributed by atoms with van der Waals surface area (Å²) >= 11 is 0. The minimum absolute atomic E-state index is 1.03. The van der Waals surface area contributed by atoms with Gasteiger partial charge in [-0.3, -0.25) is 0 Å². The molecule has 4 atom stereocenters. The van der Waals surface area contributed by atoms with Gasteiger partial charge < -0.3 is 4.90 Å². The second-order valence-electron chi connectivity index (χ2n) is 8.69. The first kappa shape index (κ1) is 16.8. The molecule has 1 nitrogen and oxygen atoms in total. The molecule has 0 N–H and O–H groups in total. The Kier molecular flexibility index (Phi) is 7.11. The second kappa shape index (κ2) is 9.30. The van der Waals surface area contributed by atoms with Crippen molar-refractivity contribution in [2.75, 3.05) is 19.6 Å². The van der Waals surface area contributed by atoms with Crippen LogP contribution in [0.2, 0.25) is 0 Å². The highest BCUT2D eigenvalue weighted by atomic mass is 15.1. The molecule has 22 heavy (non-hydrogen) atoms. The molecule has 4 unspecified atom stereocenters. The summed E-state index contributed by atoms with van der Waals surface area (Å²) in [5.41, 5.74) is 0. The first-order chi connectivity index (χ1) is 10.9. The number of rotatable bonds is 0. The van der Waals surface area contributed by atoms with E-state index in [1.165, 1.54) is 83.8 Å². The molecule has 1 saturated carbocycles. The van der Waals surface area contributed by atoms with Gasteiger partial charge in [-0.2, -0.15) is 0 Å². The van der Waals surface area contributed by atoms with E-state index in [9.17, 15) is 0 Å². The van der Waals surface area contributed by atoms with E-state index in [4.69, 9.17) is 0 Å². The quantitative estimate of drug-likeness (QED) is 0.528. The van der Waals surface area contributed by atoms with Crippen LogP contribution in [0.5, 0.6) is 0 Å². The van der Waals surface area contributed by atoms with Gasteiger partial charge in [0.05, 0.1) is 0 Å². The molecule has 3 fully saturated rings. The molecule has 1 aliphatic carbocycles. The van der Waals surface area contributed by atoms with Crippen LogP contribution in [0.1, 0.15) is 96.3 Å². The molecule has 0 aromatic rings. The number of piperidine rings is 1. The largest absolute Gasteiger partial charge is 0.303 e. The van der Waals surface area contributed by atoms with Crippen molar-refractivity contribution in [3.63, 3.8) is 0 Å². The van der Waals surface area contributed by atoms with Gasteiger partial charge in [0, 0.05) is 6.54 Å². The lowest BCUT2D eigenvalue weighted by Gasteiger charge is -2.33. The fraction of sp³-hybridized carbons (Fsp3) is 1.00. The molecule has 3 rings (SSSR count). The lowest BCUT2D eigenvalue weighted by atomic mass is 9.77. The summed E-state index contributed by atoms with van der Waals surface area (Å²) in [5.74, 6) is 3.21. The van der Waals surface area contributed by atoms with E-state index >= 15 is 0 Å². The molecule has 2 heterocycles. The molecule has 2 saturated heterocycles. The number of hydrogen-bond donors (Lipinski definition) is 0. The van der Waals surface area contributed by atoms with Gasteiger partial charge in [0.15, 0.2) is 0 Å². The monoisotopic (exact) mass is 305 g/mol. The van der Waals surface area contributed by atoms with E-state index in [0.717, 1.165) is 17.8 Å². The van der Waals surface area contributed by atoms with Gasteiger partial charge in [0.25, 0.3) is 0 Å². The number of nitrogens with zero attached hydrogens (tertiary/aromatic N) is 1. The molecule has 2 aliphatic heterocycles. The van der Waals surface area contributed by atoms with Crippen LogP contribution in [0.25, 0.3) is 0 Å². The van der Waals surface area contributed by atoms with Gasteiger partial charge in [-0.15, -0.1) is 0 Å². The average Bonchev–Trinajstić information content (AvgIpc) is 2.54. The van der Waals surface area contributed by atoms with Crippen molar-refractivity contribution in [2.24, 2.45) is 17.8 Å². The van der Waals surface area contributed by atoms with Crippen molar-refractivity contribution in [3.05, 3.63) is 0 Å². The normalized spacial score (nSPS) is 39.3. The third-order valence-electron chi connectivity index (χ3n) is 6.81. The maximum Gasteiger partial charge on any atom is 0.000966 e. The van der Waals surface area contributed by atoms with Crippen molar-refractivity contribution < 1.29 is 0 Å². The fourth-order valence-corrected chi connectivity index (χ4v) is 5.50. The lowest BCUT2D eigenvalue weighted by molar-refractivity contribution is 0.161. The van der Waals surface area contributed by atoms with Gasteiger partial charge in [0.2, 0.25) is 0 Å². The molecule has 0 radical (unpaired) electrons. The molecule has 0 aromatic heterocycles. The average molecular weight is 306 g/mol. The summed E-state index contributed by atoms with van der Waals surface area (Å²) in [6, 6.07) is 0. The standard InChI is InChI=1S/C21H39N/c1-3-9-19-12-7-13-20(17-19)10-5-2-6-15-22-16-8-14-21(18-22)11-4-1/h19-21H,1-18H2. The van der Waals surface area contributed by atoms with Crippen molar-refractivity contribution in [1.82, 2.24) is 4.90 Å². The Labute approximate surface area is 139 Å². The molecule has 3 aliphatic rings. The smallest absolute Gasteiger partial charge is 0.000966 e. The zero-order chi connectivity index (χ0) is 15.0. The van der Waals surface area contributed by atoms with Crippen LogP contribution >= 0.6 is 0 Å². The van der Waals surface area contributed by atoms with Crippen molar-refractivity contribution in [3.8, 4) is 0 Å². The zero-order valence-corrected chi connectivity index (χ0v) is 14.9. The molecule has 0 spiro atoms. The molecular formula is C21H39N. The maximum absolute atomic E-state index is 2.79. The first-order valence-electron chi connectivity index (χ1n) is 10.6. The van der Waals surface area contributed by atoms with Crippen LogP contribution in [0.3, 0.4) is 0 Å². The summed E-state index contributed by atoms with van der Waals surface area (Å²) in [7, 11) is 0. The van der Waals surface area contributed by atoms with Crippen LogP contribution in [-0.4, -0.2) is 24.5 Å². The summed E-state index contributed by atoms with van der Waals surface area (Å²) in [6.07, 6.45) is 22.8. The molecule has 128 valence electrons. The highest BCUT2D eigenvalue weighted by Crippen LogP contribution is 2.35. The Hall–Kier alpha value is -0.0400. The minimum atomic E-state index is 1.03. The zero-order valence-electron chi connectivity index (χ0n) is 14.9. The Morgan fingerprint density at radius 3 is 1.77 bits per heavy atom. The van der Waals surface area contributed by atoms with Gasteiger partial charge >= 0.3 is 0 Å². The van der Waals surface area contributed by atoms with E-state index in [-0.39, 0.29) is 0 Å². The van der Waals surface area contributed by atoms with E-state index in [2.05, 4.69) is 4.90 Å². The van der Waals surface area contributed by atoms with E-state index in [1.807, 2.05) is 0 Å². The third-order valence-corrected chi connectivity index (χ3v) is 6.81. The van der Waals surface area contributed by atoms with E-state index in [0.29, 0.717) is 0 Å². The van der Waals surface area contributed by atoms with Gasteiger partial charge in [-0.25, -0.2) is 0 Å². The molecule has 1 heteroatoms. The molecule has 0 amide bonds. The van der Waals surface area contributed by atoms with Crippen LogP contribution in [0.15, 0.2) is 0 Å². The van der Waals surface area contributed by atoms with Gasteiger partial charge in [0.1, 0.15) is 0 Å². The summed E-state index contributed by atoms with van der Waals surface area (Å²) in [4.78, 5) is 2.79. The molecule has 4 bridgehead atoms. The second-order valence-corrected chi connectivity index (χ2v) is 8.69. The Morgan fingerprint density at radius 1 is 0.455 bits per heavy atom. The highest BCUT2D eigenvalue weighted by Gasteiger charge is 2.22. The van der Waals surface area contributed by atoms with Crippen LogP contribution in [-0.2, 0) is 0 Å². The van der Waals surface area contributed by atoms with E-state index in [1.54, 1.807) is 32.1 Å². The Morgan fingerprint density at radius 2 is 1.00 bits per heavy atom. The summed E-state index contributed by atoms with van der Waals surface area (Å²) < 4.78 is 0. The Balaban J connectivity index is 1.47. The topological polar surface area (TPSA) is 3.24 Å². The maximum atomic E-state index is 2.79. The predicted molar refractivity (Wildman–Crippen MR) is 96.2 cm³/mol. The van der Waals surface area contributed by atoms with E-state index < -0.39 is 0 Å². The summed E-state index contributed by atoms with van der Waals surface area (Å²) in [5, 5.41) is 0. The van der Waals surface area contributed by atoms with Crippen LogP contribution < -0.4 is 0 Å². The third kappa shape index (κ3) is 5.55.